The van der Waals surface area contributed by atoms with Gasteiger partial charge in [0.1, 0.15) is 17.4 Å². The highest BCUT2D eigenvalue weighted by Gasteiger charge is 2.54. The Bertz CT molecular complexity index is 1770. The zero-order valence-corrected chi connectivity index (χ0v) is 25.6. The van der Waals surface area contributed by atoms with Crippen LogP contribution in [-0.2, 0) is 32.9 Å². The second-order valence-electron chi connectivity index (χ2n) is 12.5. The van der Waals surface area contributed by atoms with Gasteiger partial charge in [-0.15, -0.1) is 0 Å². The number of carboxylic acid groups (broad SMARTS) is 1. The number of hydrogen-bond donors (Lipinski definition) is 5. The van der Waals surface area contributed by atoms with Crippen molar-refractivity contribution in [1.82, 2.24) is 30.2 Å². The molecule has 0 spiro atoms. The van der Waals surface area contributed by atoms with Crippen LogP contribution < -0.4 is 16.2 Å². The van der Waals surface area contributed by atoms with Gasteiger partial charge in [-0.25, -0.2) is 19.2 Å². The summed E-state index contributed by atoms with van der Waals surface area (Å²) >= 11 is 0. The van der Waals surface area contributed by atoms with E-state index < -0.39 is 34.5 Å². The van der Waals surface area contributed by atoms with Crippen LogP contribution in [0.15, 0.2) is 29.2 Å². The molecule has 4 aliphatic rings. The standard InChI is InChI=1S/C29H33FN6O4.C2HF3O2/c1-16-11-19(3-4-21(16)30)12-20-14-31-24(33-20)22-23(38)25(39)36-15-18-5-7-28(8-6-18,26(36)34-22)35-27(40)29(9-10-29)32-13-17(2)37;3-2(4,5)1(6)7/h3-4,11,14,18,32,38H,5-10,12-13,15H2,1-2H3,(H,31,33)(H,35,40);(H,6,7). The zero-order chi connectivity index (χ0) is 34.3. The number of alkyl halides is 3. The monoisotopic (exact) mass is 662 g/mol. The summed E-state index contributed by atoms with van der Waals surface area (Å²) in [6.07, 6.45) is 1.16. The minimum absolute atomic E-state index is 0.0348. The number of amides is 1. The fourth-order valence-corrected chi connectivity index (χ4v) is 6.10. The number of aromatic nitrogens is 4. The molecule has 7 rings (SSSR count). The first-order chi connectivity index (χ1) is 22.0. The van der Waals surface area contributed by atoms with Gasteiger partial charge in [0.15, 0.2) is 11.5 Å². The first-order valence-corrected chi connectivity index (χ1v) is 15.0. The molecule has 2 aromatic heterocycles. The van der Waals surface area contributed by atoms with Crippen LogP contribution in [0.1, 0.15) is 68.1 Å². The van der Waals surface area contributed by atoms with E-state index in [-0.39, 0.29) is 41.5 Å². The average molecular weight is 663 g/mol. The van der Waals surface area contributed by atoms with Gasteiger partial charge >= 0.3 is 12.1 Å². The molecule has 252 valence electrons. The quantitative estimate of drug-likeness (QED) is 0.227. The Morgan fingerprint density at radius 3 is 2.36 bits per heavy atom. The van der Waals surface area contributed by atoms with Crippen LogP contribution in [0.5, 0.6) is 5.75 Å². The Hall–Kier alpha value is -4.60. The van der Waals surface area contributed by atoms with E-state index >= 15 is 0 Å². The van der Waals surface area contributed by atoms with Crippen LogP contribution >= 0.6 is 0 Å². The molecular formula is C31H34F4N6O6. The van der Waals surface area contributed by atoms with Crippen molar-refractivity contribution in [2.75, 3.05) is 6.54 Å². The van der Waals surface area contributed by atoms with E-state index in [1.165, 1.54) is 17.6 Å². The van der Waals surface area contributed by atoms with Gasteiger partial charge in [0, 0.05) is 19.2 Å². The first kappa shape index (κ1) is 33.8. The predicted molar refractivity (Wildman–Crippen MR) is 158 cm³/mol. The Morgan fingerprint density at radius 1 is 1.13 bits per heavy atom. The van der Waals surface area contributed by atoms with Crippen molar-refractivity contribution in [3.8, 4) is 17.3 Å². The van der Waals surface area contributed by atoms with Gasteiger partial charge in [0.05, 0.1) is 23.3 Å². The Labute approximate surface area is 265 Å². The first-order valence-electron chi connectivity index (χ1n) is 15.0. The second kappa shape index (κ2) is 12.5. The number of Topliss-reactive ketones (excluding diaryl/α,β-unsaturated/α-hetero) is 1. The third-order valence-electron chi connectivity index (χ3n) is 8.89. The molecule has 0 atom stereocenters. The van der Waals surface area contributed by atoms with E-state index in [0.29, 0.717) is 55.7 Å². The third kappa shape index (κ3) is 7.06. The summed E-state index contributed by atoms with van der Waals surface area (Å²) in [5.41, 5.74) is -0.125. The van der Waals surface area contributed by atoms with Crippen LogP contribution in [0.2, 0.25) is 0 Å². The largest absolute Gasteiger partial charge is 0.501 e. The SMILES string of the molecule is CC(=O)CNC1(C(=O)NC23CCC(CC2)Cn2c3nc(-c3nc(Cc4ccc(F)c(C)c4)c[nH]3)c(O)c2=O)CC1.O=C(O)C(F)(F)F. The van der Waals surface area contributed by atoms with Gasteiger partial charge in [-0.1, -0.05) is 12.1 Å². The fraction of sp³-hybridized carbons (Fsp3) is 0.484. The van der Waals surface area contributed by atoms with Crippen LogP contribution in [0.3, 0.4) is 0 Å². The summed E-state index contributed by atoms with van der Waals surface area (Å²) in [7, 11) is 0. The lowest BCUT2D eigenvalue weighted by Gasteiger charge is -2.38. The van der Waals surface area contributed by atoms with E-state index in [4.69, 9.17) is 14.9 Å². The Morgan fingerprint density at radius 2 is 1.79 bits per heavy atom. The number of benzene rings is 1. The predicted octanol–water partition coefficient (Wildman–Crippen LogP) is 3.24. The number of carbonyl (C=O) groups is 3. The summed E-state index contributed by atoms with van der Waals surface area (Å²) in [6.45, 7) is 3.72. The number of halogens is 4. The molecule has 1 aromatic carbocycles. The maximum absolute atomic E-state index is 13.7. The van der Waals surface area contributed by atoms with Gasteiger partial charge in [-0.3, -0.25) is 24.3 Å². The van der Waals surface area contributed by atoms with Crippen molar-refractivity contribution in [2.45, 2.75) is 82.6 Å². The van der Waals surface area contributed by atoms with E-state index in [2.05, 4.69) is 20.6 Å². The number of ketones is 1. The third-order valence-corrected chi connectivity index (χ3v) is 8.89. The Balaban J connectivity index is 0.000000559. The molecule has 2 bridgehead atoms. The highest BCUT2D eigenvalue weighted by atomic mass is 19.4. The minimum atomic E-state index is -5.08. The maximum Gasteiger partial charge on any atom is 0.490 e. The number of nitrogens with one attached hydrogen (secondary N) is 3. The van der Waals surface area contributed by atoms with E-state index in [1.807, 2.05) is 0 Å². The van der Waals surface area contributed by atoms with Gasteiger partial charge in [-0.2, -0.15) is 13.2 Å². The number of nitrogens with zero attached hydrogens (tertiary/aromatic N) is 3. The summed E-state index contributed by atoms with van der Waals surface area (Å²) < 4.78 is 46.9. The number of H-pyrrole nitrogens is 1. The lowest BCUT2D eigenvalue weighted by Crippen LogP contribution is -2.56. The Kier molecular flexibility index (Phi) is 9.01. The van der Waals surface area contributed by atoms with Crippen molar-refractivity contribution >= 4 is 17.7 Å². The van der Waals surface area contributed by atoms with E-state index in [9.17, 15) is 37.1 Å². The molecule has 5 N–H and O–H groups in total. The number of imidazole rings is 1. The smallest absolute Gasteiger partial charge is 0.490 e. The highest BCUT2D eigenvalue weighted by molar-refractivity contribution is 5.91. The number of fused-ring (bicyclic) bond motifs is 2. The molecule has 12 nitrogen and oxygen atoms in total. The average Bonchev–Trinajstić information content (AvgIpc) is 3.73. The van der Waals surface area contributed by atoms with E-state index in [1.54, 1.807) is 25.3 Å². The van der Waals surface area contributed by atoms with Crippen molar-refractivity contribution in [2.24, 2.45) is 5.92 Å². The number of aromatic hydroxyl groups is 1. The van der Waals surface area contributed by atoms with Crippen molar-refractivity contribution in [1.29, 1.82) is 0 Å². The normalized spacial score (nSPS) is 20.8. The minimum Gasteiger partial charge on any atom is -0.501 e. The molecule has 47 heavy (non-hydrogen) atoms. The number of hydrogen-bond acceptors (Lipinski definition) is 8. The lowest BCUT2D eigenvalue weighted by molar-refractivity contribution is -0.192. The highest BCUT2D eigenvalue weighted by Crippen LogP contribution is 2.45. The zero-order valence-electron chi connectivity index (χ0n) is 25.6. The number of rotatable bonds is 8. The van der Waals surface area contributed by atoms with Crippen molar-refractivity contribution < 1.29 is 42.2 Å². The molecule has 2 aliphatic heterocycles. The van der Waals surface area contributed by atoms with Gasteiger partial charge in [-0.05, 0) is 75.5 Å². The fourth-order valence-electron chi connectivity index (χ4n) is 6.10. The molecule has 1 amide bonds. The van der Waals surface area contributed by atoms with E-state index in [0.717, 1.165) is 18.4 Å². The summed E-state index contributed by atoms with van der Waals surface area (Å²) in [4.78, 5) is 59.9. The number of aliphatic carboxylic acids is 1. The molecule has 2 aliphatic carbocycles. The van der Waals surface area contributed by atoms with Crippen LogP contribution in [0, 0.1) is 18.7 Å². The lowest BCUT2D eigenvalue weighted by atomic mass is 9.77. The van der Waals surface area contributed by atoms with Crippen molar-refractivity contribution in [3.63, 3.8) is 0 Å². The van der Waals surface area contributed by atoms with Crippen molar-refractivity contribution in [3.05, 3.63) is 63.2 Å². The number of aryl methyl sites for hydroxylation is 1. The molecule has 4 heterocycles. The topological polar surface area (TPSA) is 179 Å². The summed E-state index contributed by atoms with van der Waals surface area (Å²) in [5, 5.41) is 24.4. The maximum atomic E-state index is 13.7. The van der Waals surface area contributed by atoms with Gasteiger partial charge in [0.2, 0.25) is 11.7 Å². The van der Waals surface area contributed by atoms with Gasteiger partial charge in [0.25, 0.3) is 5.56 Å². The van der Waals surface area contributed by atoms with Crippen LogP contribution in [-0.4, -0.2) is 65.7 Å². The molecule has 16 heteroatoms. The molecule has 0 unspecified atom stereocenters. The number of carboxylic acids is 1. The molecule has 3 aromatic rings. The molecule has 0 saturated heterocycles. The molecule has 2 saturated carbocycles. The van der Waals surface area contributed by atoms with Gasteiger partial charge < -0.3 is 20.5 Å². The van der Waals surface area contributed by atoms with Crippen LogP contribution in [0.25, 0.3) is 11.5 Å². The summed E-state index contributed by atoms with van der Waals surface area (Å²) in [6, 6.07) is 4.88. The molecule has 0 radical (unpaired) electrons. The molecular weight excluding hydrogens is 628 g/mol. The van der Waals surface area contributed by atoms with Crippen LogP contribution in [0.4, 0.5) is 17.6 Å². The summed E-state index contributed by atoms with van der Waals surface area (Å²) in [5.74, 6) is -2.85. The molecule has 2 fully saturated rings. The second-order valence-corrected chi connectivity index (χ2v) is 12.5. The number of aromatic amines is 1. The number of carbonyl (C=O) groups excluding carboxylic acids is 2.